The number of aromatic nitrogens is 5. The summed E-state index contributed by atoms with van der Waals surface area (Å²) in [5, 5.41) is 27.0. The van der Waals surface area contributed by atoms with Gasteiger partial charge >= 0.3 is 0 Å². The molecule has 0 radical (unpaired) electrons. The summed E-state index contributed by atoms with van der Waals surface area (Å²) in [4.78, 5) is 71.9. The number of anilines is 2. The highest BCUT2D eigenvalue weighted by Gasteiger charge is 2.46. The molecule has 5 aliphatic rings. The van der Waals surface area contributed by atoms with Gasteiger partial charge in [-0.25, -0.2) is 18.3 Å². The van der Waals surface area contributed by atoms with Gasteiger partial charge in [-0.1, -0.05) is 18.9 Å². The number of carbonyl (C=O) groups is 5. The van der Waals surface area contributed by atoms with Gasteiger partial charge in [0.15, 0.2) is 11.3 Å². The molecule has 1 unspecified atom stereocenters. The second-order valence-electron chi connectivity index (χ2n) is 17.8. The van der Waals surface area contributed by atoms with Crippen molar-refractivity contribution < 1.29 is 47.3 Å². The molecule has 5 amide bonds. The van der Waals surface area contributed by atoms with E-state index in [1.165, 1.54) is 23.0 Å². The summed E-state index contributed by atoms with van der Waals surface area (Å²) < 4.78 is 43.7. The first kappa shape index (κ1) is 44.3. The Hall–Kier alpha value is -5.86. The highest BCUT2D eigenvalue weighted by molar-refractivity contribution is 6.24. The van der Waals surface area contributed by atoms with Gasteiger partial charge in [0.2, 0.25) is 11.8 Å². The van der Waals surface area contributed by atoms with E-state index in [1.807, 2.05) is 0 Å². The Morgan fingerprint density at radius 2 is 1.75 bits per heavy atom. The number of nitrogens with zero attached hydrogens (tertiary/aromatic N) is 7. The number of likely N-dealkylation sites (tertiary alicyclic amines) is 1. The minimum absolute atomic E-state index is 0.0441. The summed E-state index contributed by atoms with van der Waals surface area (Å²) in [6, 6.07) is 5.25. The number of imide groups is 2. The molecule has 65 heavy (non-hydrogen) atoms. The fourth-order valence-electron chi connectivity index (χ4n) is 9.93. The minimum atomic E-state index is -2.89. The van der Waals surface area contributed by atoms with Gasteiger partial charge in [0.05, 0.1) is 60.5 Å². The molecule has 2 saturated carbocycles. The van der Waals surface area contributed by atoms with Gasteiger partial charge in [-0.15, -0.1) is 0 Å². The number of hydrogen-bond donors (Lipinski definition) is 4. The Balaban J connectivity index is 0.702. The molecule has 346 valence electrons. The molecule has 4 aromatic rings. The first-order valence-electron chi connectivity index (χ1n) is 22.8. The molecule has 18 nitrogen and oxygen atoms in total. The Morgan fingerprint density at radius 3 is 2.52 bits per heavy atom. The molecule has 1 aromatic carbocycles. The molecule has 0 spiro atoms. The Morgan fingerprint density at radius 1 is 0.954 bits per heavy atom. The van der Waals surface area contributed by atoms with Gasteiger partial charge in [0, 0.05) is 44.9 Å². The summed E-state index contributed by atoms with van der Waals surface area (Å²) in [5.74, 6) is -1.68. The van der Waals surface area contributed by atoms with E-state index in [0.717, 1.165) is 82.3 Å². The van der Waals surface area contributed by atoms with Crippen molar-refractivity contribution in [2.75, 3.05) is 43.5 Å². The number of piperidine rings is 2. The molecule has 20 heteroatoms. The van der Waals surface area contributed by atoms with Crippen LogP contribution in [-0.4, -0.2) is 126 Å². The fraction of sp³-hybridized carbons (Fsp3) is 0.556. The molecule has 3 aliphatic heterocycles. The molecule has 2 saturated heterocycles. The predicted octanol–water partition coefficient (Wildman–Crippen LogP) is 4.91. The zero-order chi connectivity index (χ0) is 45.2. The number of nitrogens with one attached hydrogen (secondary N) is 3. The number of halogens is 2. The third kappa shape index (κ3) is 9.60. The molecule has 0 bridgehead atoms. The van der Waals surface area contributed by atoms with Crippen LogP contribution in [0, 0.1) is 5.92 Å². The Bertz CT molecular complexity index is 2430. The lowest BCUT2D eigenvalue weighted by Crippen LogP contribution is -2.54. The number of benzene rings is 1. The second-order valence-corrected chi connectivity index (χ2v) is 17.8. The summed E-state index contributed by atoms with van der Waals surface area (Å²) >= 11 is 0. The summed E-state index contributed by atoms with van der Waals surface area (Å²) in [6.07, 6.45) is 10.6. The number of alkyl halides is 2. The Kier molecular flexibility index (Phi) is 13.2. The van der Waals surface area contributed by atoms with E-state index in [2.05, 4.69) is 36.0 Å². The van der Waals surface area contributed by atoms with Crippen molar-refractivity contribution in [3.63, 3.8) is 0 Å². The number of amides is 5. The number of carbonyl (C=O) groups excluding carboxylic acids is 5. The normalized spacial score (nSPS) is 24.4. The lowest BCUT2D eigenvalue weighted by molar-refractivity contribution is -0.136. The maximum Gasteiger partial charge on any atom is 0.284 e. The van der Waals surface area contributed by atoms with Crippen molar-refractivity contribution >= 4 is 46.7 Å². The van der Waals surface area contributed by atoms with Crippen LogP contribution in [0.4, 0.5) is 20.3 Å². The monoisotopic (exact) mass is 900 g/mol. The van der Waals surface area contributed by atoms with Crippen molar-refractivity contribution in [3.05, 3.63) is 65.2 Å². The number of aliphatic hydroxyl groups excluding tert-OH is 1. The molecule has 6 heterocycles. The van der Waals surface area contributed by atoms with E-state index in [4.69, 9.17) is 9.47 Å². The number of ether oxygens (including phenoxy) is 2. The number of hydrogen-bond acceptors (Lipinski definition) is 13. The van der Waals surface area contributed by atoms with Crippen molar-refractivity contribution in [2.24, 2.45) is 5.92 Å². The van der Waals surface area contributed by atoms with E-state index >= 15 is 0 Å². The van der Waals surface area contributed by atoms with Gasteiger partial charge in [-0.2, -0.15) is 10.2 Å². The summed E-state index contributed by atoms with van der Waals surface area (Å²) in [5.41, 5.74) is 0.161. The van der Waals surface area contributed by atoms with Crippen LogP contribution in [-0.2, 0) is 14.3 Å². The van der Waals surface area contributed by atoms with Crippen molar-refractivity contribution in [1.82, 2.24) is 39.5 Å². The minimum Gasteiger partial charge on any atom is -0.493 e. The molecular formula is C45H54F2N10O8. The molecule has 4 fully saturated rings. The van der Waals surface area contributed by atoms with Crippen LogP contribution in [0.5, 0.6) is 5.75 Å². The van der Waals surface area contributed by atoms with Gasteiger partial charge in [-0.3, -0.25) is 38.9 Å². The van der Waals surface area contributed by atoms with Crippen LogP contribution in [0.25, 0.3) is 5.65 Å². The quantitative estimate of drug-likeness (QED) is 0.0923. The summed E-state index contributed by atoms with van der Waals surface area (Å²) in [6.45, 7) is 3.49. The molecule has 2 aliphatic carbocycles. The fourth-order valence-corrected chi connectivity index (χ4v) is 9.93. The lowest BCUT2D eigenvalue weighted by Gasteiger charge is -2.36. The molecule has 3 aromatic heterocycles. The second kappa shape index (κ2) is 19.3. The third-order valence-electron chi connectivity index (χ3n) is 13.5. The van der Waals surface area contributed by atoms with Crippen LogP contribution in [0.2, 0.25) is 0 Å². The average Bonchev–Trinajstić information content (AvgIpc) is 3.99. The van der Waals surface area contributed by atoms with Crippen molar-refractivity contribution in [2.45, 2.75) is 120 Å². The lowest BCUT2D eigenvalue weighted by atomic mass is 9.85. The topological polar surface area (TPSA) is 215 Å². The van der Waals surface area contributed by atoms with Crippen LogP contribution >= 0.6 is 0 Å². The highest BCUT2D eigenvalue weighted by Crippen LogP contribution is 2.37. The Labute approximate surface area is 373 Å². The van der Waals surface area contributed by atoms with Crippen LogP contribution in [0.1, 0.15) is 133 Å². The van der Waals surface area contributed by atoms with E-state index < -0.39 is 53.8 Å². The average molecular weight is 901 g/mol. The number of fused-ring (bicyclic) bond motifs is 2. The van der Waals surface area contributed by atoms with Crippen LogP contribution < -0.4 is 20.7 Å². The molecular weight excluding hydrogens is 847 g/mol. The van der Waals surface area contributed by atoms with E-state index in [-0.39, 0.29) is 71.4 Å². The van der Waals surface area contributed by atoms with Gasteiger partial charge in [0.25, 0.3) is 24.1 Å². The molecule has 9 rings (SSSR count). The van der Waals surface area contributed by atoms with Crippen LogP contribution in [0.3, 0.4) is 0 Å². The smallest absolute Gasteiger partial charge is 0.284 e. The van der Waals surface area contributed by atoms with Gasteiger partial charge < -0.3 is 30.1 Å². The highest BCUT2D eigenvalue weighted by atomic mass is 19.3. The standard InChI is InChI=1S/C45H54F2N10O8/c46-40(47)39-32(50-42(60)30-23-48-55-20-17-36(51-41(30)55)49-31-6-1-2-7-34(31)58)25-56(53-39)27-11-9-26(10-12-27)24-54-18-15-28(16-19-54)64-21-4-22-65-35-8-3-5-29-38(35)45(63)57(44(29)62)33-13-14-37(59)52-43(33)61/h3,5,8,17,20,23,25-28,31,33-34,40,58H,1-2,4,6-7,9-16,18-19,21-22,24H2,(H,49,51)(H,50,60)(H,52,59,61)/t26-,27-,31-,33?,34+/m1/s1. The van der Waals surface area contributed by atoms with Crippen LogP contribution in [0.15, 0.2) is 42.9 Å². The largest absolute Gasteiger partial charge is 0.493 e. The van der Waals surface area contributed by atoms with E-state index in [1.54, 1.807) is 29.1 Å². The zero-order valence-corrected chi connectivity index (χ0v) is 36.0. The van der Waals surface area contributed by atoms with E-state index in [0.29, 0.717) is 31.2 Å². The number of aliphatic hydroxyl groups is 1. The summed E-state index contributed by atoms with van der Waals surface area (Å²) in [7, 11) is 0. The maximum absolute atomic E-state index is 14.3. The first-order valence-corrected chi connectivity index (χ1v) is 22.8. The van der Waals surface area contributed by atoms with Gasteiger partial charge in [0.1, 0.15) is 23.2 Å². The molecule has 4 N–H and O–H groups in total. The zero-order valence-electron chi connectivity index (χ0n) is 36.0. The van der Waals surface area contributed by atoms with Gasteiger partial charge in [-0.05, 0) is 81.9 Å². The van der Waals surface area contributed by atoms with E-state index in [9.17, 15) is 37.9 Å². The first-order chi connectivity index (χ1) is 31.5. The maximum atomic E-state index is 14.3. The van der Waals surface area contributed by atoms with Crippen molar-refractivity contribution in [3.8, 4) is 5.75 Å². The molecule has 3 atom stereocenters. The number of rotatable bonds is 15. The van der Waals surface area contributed by atoms with Crippen molar-refractivity contribution in [1.29, 1.82) is 0 Å². The predicted molar refractivity (Wildman–Crippen MR) is 230 cm³/mol. The SMILES string of the molecule is O=C1CCC(N2C(=O)c3cccc(OCCCOC4CCN(C[C@H]5CC[C@H](n6cc(NC(=O)c7cnn8ccc(N[C@@H]9CCCC[C@@H]9O)nc78)c(C(F)F)n6)CC5)CC4)c3C2=O)C(=O)N1. The third-order valence-corrected chi connectivity index (χ3v) is 13.5.